The topological polar surface area (TPSA) is 86.5 Å². The van der Waals surface area contributed by atoms with E-state index < -0.39 is 0 Å². The van der Waals surface area contributed by atoms with Crippen molar-refractivity contribution in [2.45, 2.75) is 26.7 Å². The molecule has 1 aromatic carbocycles. The van der Waals surface area contributed by atoms with Crippen LogP contribution in [0.15, 0.2) is 21.1 Å². The van der Waals surface area contributed by atoms with Crippen LogP contribution in [-0.4, -0.2) is 36.3 Å². The van der Waals surface area contributed by atoms with Gasteiger partial charge in [0.05, 0.1) is 18.2 Å². The highest BCUT2D eigenvalue weighted by Crippen LogP contribution is 2.39. The van der Waals surface area contributed by atoms with Crippen molar-refractivity contribution in [3.05, 3.63) is 22.5 Å². The molecule has 8 heteroatoms. The van der Waals surface area contributed by atoms with Gasteiger partial charge in [-0.25, -0.2) is 0 Å². The van der Waals surface area contributed by atoms with E-state index in [1.54, 1.807) is 13.2 Å². The van der Waals surface area contributed by atoms with E-state index in [4.69, 9.17) is 14.0 Å². The second-order valence-corrected chi connectivity index (χ2v) is 5.74. The van der Waals surface area contributed by atoms with Crippen molar-refractivity contribution in [1.29, 1.82) is 0 Å². The average molecular weight is 398 g/mol. The molecule has 7 nitrogen and oxygen atoms in total. The Kier molecular flexibility index (Phi) is 6.60. The van der Waals surface area contributed by atoms with Gasteiger partial charge in [-0.3, -0.25) is 4.79 Å². The second kappa shape index (κ2) is 8.68. The summed E-state index contributed by atoms with van der Waals surface area (Å²) in [6.45, 7) is 4.89. The highest BCUT2D eigenvalue weighted by atomic mass is 79.9. The molecule has 1 N–H and O–H groups in total. The molecular weight excluding hydrogens is 378 g/mol. The van der Waals surface area contributed by atoms with Gasteiger partial charge in [-0.1, -0.05) is 5.16 Å². The van der Waals surface area contributed by atoms with Crippen molar-refractivity contribution in [2.24, 2.45) is 0 Å². The van der Waals surface area contributed by atoms with Crippen LogP contribution >= 0.6 is 15.9 Å². The number of nitrogens with zero attached hydrogens (tertiary/aromatic N) is 2. The van der Waals surface area contributed by atoms with E-state index >= 15 is 0 Å². The number of carbonyl (C=O) groups is 1. The first-order valence-corrected chi connectivity index (χ1v) is 8.48. The molecule has 0 aliphatic rings. The lowest BCUT2D eigenvalue weighted by molar-refractivity contribution is -0.121. The fourth-order valence-corrected chi connectivity index (χ4v) is 2.74. The SMILES string of the molecule is CCNC(=O)CCc1nc(-c2cc(Br)c(OC)c(OCC)c2)no1. The van der Waals surface area contributed by atoms with Gasteiger partial charge in [-0.15, -0.1) is 0 Å². The molecule has 0 atom stereocenters. The zero-order valence-electron chi connectivity index (χ0n) is 13.9. The Morgan fingerprint density at radius 1 is 1.38 bits per heavy atom. The normalized spacial score (nSPS) is 10.5. The van der Waals surface area contributed by atoms with Crippen LogP contribution in [0.5, 0.6) is 11.5 Å². The van der Waals surface area contributed by atoms with Gasteiger partial charge in [-0.2, -0.15) is 4.98 Å². The lowest BCUT2D eigenvalue weighted by atomic mass is 10.2. The van der Waals surface area contributed by atoms with Crippen LogP contribution in [0.1, 0.15) is 26.2 Å². The van der Waals surface area contributed by atoms with Gasteiger partial charge in [0.25, 0.3) is 0 Å². The molecule has 1 heterocycles. The van der Waals surface area contributed by atoms with E-state index in [0.717, 1.165) is 10.0 Å². The number of rotatable bonds is 8. The van der Waals surface area contributed by atoms with Crippen LogP contribution in [0.2, 0.25) is 0 Å². The molecule has 0 bridgehead atoms. The quantitative estimate of drug-likeness (QED) is 0.736. The summed E-state index contributed by atoms with van der Waals surface area (Å²) in [7, 11) is 1.58. The molecule has 0 spiro atoms. The summed E-state index contributed by atoms with van der Waals surface area (Å²) in [5.74, 6) is 2.02. The van der Waals surface area contributed by atoms with Crippen LogP contribution in [-0.2, 0) is 11.2 Å². The Morgan fingerprint density at radius 3 is 2.83 bits per heavy atom. The lowest BCUT2D eigenvalue weighted by Crippen LogP contribution is -2.22. The zero-order chi connectivity index (χ0) is 17.5. The van der Waals surface area contributed by atoms with Gasteiger partial charge >= 0.3 is 0 Å². The first kappa shape index (κ1) is 18.3. The third-order valence-electron chi connectivity index (χ3n) is 3.18. The average Bonchev–Trinajstić information content (AvgIpc) is 3.02. The Balaban J connectivity index is 2.18. The van der Waals surface area contributed by atoms with E-state index in [2.05, 4.69) is 31.4 Å². The number of aromatic nitrogens is 2. The summed E-state index contributed by atoms with van der Waals surface area (Å²) in [4.78, 5) is 15.8. The van der Waals surface area contributed by atoms with Gasteiger partial charge in [0.2, 0.25) is 17.6 Å². The molecule has 24 heavy (non-hydrogen) atoms. The van der Waals surface area contributed by atoms with Crippen LogP contribution in [0, 0.1) is 0 Å². The summed E-state index contributed by atoms with van der Waals surface area (Å²) < 4.78 is 16.9. The highest BCUT2D eigenvalue weighted by molar-refractivity contribution is 9.10. The Hall–Kier alpha value is -2.09. The maximum absolute atomic E-state index is 11.5. The largest absolute Gasteiger partial charge is 0.492 e. The molecule has 0 unspecified atom stereocenters. The number of aryl methyl sites for hydroxylation is 1. The molecule has 0 fully saturated rings. The summed E-state index contributed by atoms with van der Waals surface area (Å²) in [5, 5.41) is 6.70. The molecule has 0 aliphatic heterocycles. The number of carbonyl (C=O) groups excluding carboxylic acids is 1. The van der Waals surface area contributed by atoms with Crippen molar-refractivity contribution >= 4 is 21.8 Å². The smallest absolute Gasteiger partial charge is 0.227 e. The maximum Gasteiger partial charge on any atom is 0.227 e. The number of nitrogens with one attached hydrogen (secondary N) is 1. The summed E-state index contributed by atoms with van der Waals surface area (Å²) >= 11 is 3.46. The number of halogens is 1. The molecule has 2 rings (SSSR count). The van der Waals surface area contributed by atoms with Crippen molar-refractivity contribution in [2.75, 3.05) is 20.3 Å². The Morgan fingerprint density at radius 2 is 2.17 bits per heavy atom. The van der Waals surface area contributed by atoms with Crippen LogP contribution in [0.25, 0.3) is 11.4 Å². The summed E-state index contributed by atoms with van der Waals surface area (Å²) in [5.41, 5.74) is 0.735. The van der Waals surface area contributed by atoms with E-state index in [1.807, 2.05) is 19.9 Å². The third kappa shape index (κ3) is 4.47. The molecule has 1 amide bonds. The molecule has 0 radical (unpaired) electrons. The van der Waals surface area contributed by atoms with Gasteiger partial charge in [0, 0.05) is 24.9 Å². The fourth-order valence-electron chi connectivity index (χ4n) is 2.14. The van der Waals surface area contributed by atoms with Crippen molar-refractivity contribution < 1.29 is 18.8 Å². The summed E-state index contributed by atoms with van der Waals surface area (Å²) in [6.07, 6.45) is 0.709. The van der Waals surface area contributed by atoms with Crippen molar-refractivity contribution in [1.82, 2.24) is 15.5 Å². The molecule has 2 aromatic rings. The molecule has 0 saturated heterocycles. The standard InChI is InChI=1S/C16H20BrN3O4/c1-4-18-13(21)6-7-14-19-16(20-24-14)10-8-11(17)15(22-3)12(9-10)23-5-2/h8-9H,4-7H2,1-3H3,(H,18,21). The van der Waals surface area contributed by atoms with Crippen LogP contribution < -0.4 is 14.8 Å². The number of amides is 1. The Bertz CT molecular complexity index is 703. The van der Waals surface area contributed by atoms with Gasteiger partial charge in [0.15, 0.2) is 11.5 Å². The van der Waals surface area contributed by atoms with E-state index in [9.17, 15) is 4.79 Å². The highest BCUT2D eigenvalue weighted by Gasteiger charge is 2.16. The summed E-state index contributed by atoms with van der Waals surface area (Å²) in [6, 6.07) is 3.63. The maximum atomic E-state index is 11.5. The second-order valence-electron chi connectivity index (χ2n) is 4.89. The van der Waals surface area contributed by atoms with Gasteiger partial charge in [-0.05, 0) is 41.9 Å². The predicted octanol–water partition coefficient (Wildman–Crippen LogP) is 2.98. The molecule has 1 aromatic heterocycles. The molecule has 0 aliphatic carbocycles. The number of benzene rings is 1. The van der Waals surface area contributed by atoms with E-state index in [1.165, 1.54) is 0 Å². The fraction of sp³-hybridized carbons (Fsp3) is 0.438. The zero-order valence-corrected chi connectivity index (χ0v) is 15.5. The number of ether oxygens (including phenoxy) is 2. The third-order valence-corrected chi connectivity index (χ3v) is 3.77. The predicted molar refractivity (Wildman–Crippen MR) is 92.2 cm³/mol. The molecule has 0 saturated carbocycles. The number of hydrogen-bond acceptors (Lipinski definition) is 6. The van der Waals surface area contributed by atoms with Gasteiger partial charge in [0.1, 0.15) is 0 Å². The number of methoxy groups -OCH3 is 1. The number of hydrogen-bond donors (Lipinski definition) is 1. The minimum Gasteiger partial charge on any atom is -0.492 e. The minimum atomic E-state index is -0.0388. The Labute approximate surface area is 148 Å². The first-order valence-electron chi connectivity index (χ1n) is 7.69. The van der Waals surface area contributed by atoms with Crippen LogP contribution in [0.4, 0.5) is 0 Å². The van der Waals surface area contributed by atoms with Gasteiger partial charge < -0.3 is 19.3 Å². The van der Waals surface area contributed by atoms with Crippen LogP contribution in [0.3, 0.4) is 0 Å². The lowest BCUT2D eigenvalue weighted by Gasteiger charge is -2.11. The van der Waals surface area contributed by atoms with E-state index in [0.29, 0.717) is 49.2 Å². The minimum absolute atomic E-state index is 0.0388. The molecular formula is C16H20BrN3O4. The first-order chi connectivity index (χ1) is 11.6. The molecule has 130 valence electrons. The van der Waals surface area contributed by atoms with Crippen molar-refractivity contribution in [3.63, 3.8) is 0 Å². The van der Waals surface area contributed by atoms with Crippen molar-refractivity contribution in [3.8, 4) is 22.9 Å². The van der Waals surface area contributed by atoms with E-state index in [-0.39, 0.29) is 5.91 Å². The monoisotopic (exact) mass is 397 g/mol.